The molecule has 2 nitrogen and oxygen atoms in total. The van der Waals surface area contributed by atoms with Crippen LogP contribution in [0.4, 0.5) is 13.2 Å². The lowest BCUT2D eigenvalue weighted by molar-refractivity contribution is -0.141. The first-order valence-electron chi connectivity index (χ1n) is 5.08. The van der Waals surface area contributed by atoms with Gasteiger partial charge < -0.3 is 4.57 Å². The maximum Gasteiger partial charge on any atom is 0.433 e. The Hall–Kier alpha value is -1.78. The standard InChI is InChI=1S/C12H11F3N2/c1-8-3-4-9(2)17(8)10-5-6-11(16-7-10)12(13,14)15/h3-7H,1-2H3. The smallest absolute Gasteiger partial charge is 0.317 e. The molecule has 0 saturated carbocycles. The third-order valence-electron chi connectivity index (χ3n) is 2.57. The number of aryl methyl sites for hydroxylation is 2. The lowest BCUT2D eigenvalue weighted by Crippen LogP contribution is -2.08. The van der Waals surface area contributed by atoms with Crippen LogP contribution in [0.15, 0.2) is 30.5 Å². The van der Waals surface area contributed by atoms with Crippen LogP contribution in [-0.2, 0) is 6.18 Å². The van der Waals surface area contributed by atoms with Gasteiger partial charge in [-0.1, -0.05) is 0 Å². The van der Waals surface area contributed by atoms with Gasteiger partial charge in [-0.25, -0.2) is 4.98 Å². The molecule has 0 fully saturated rings. The summed E-state index contributed by atoms with van der Waals surface area (Å²) in [6.45, 7) is 3.79. The molecule has 5 heteroatoms. The van der Waals surface area contributed by atoms with Gasteiger partial charge in [0.15, 0.2) is 0 Å². The average Bonchev–Trinajstić information content (AvgIpc) is 2.58. The highest BCUT2D eigenvalue weighted by Gasteiger charge is 2.32. The largest absolute Gasteiger partial charge is 0.433 e. The Balaban J connectivity index is 2.43. The molecule has 0 aliphatic rings. The molecule has 0 radical (unpaired) electrons. The molecule has 0 saturated heterocycles. The second-order valence-corrected chi connectivity index (χ2v) is 3.85. The Morgan fingerprint density at radius 3 is 2.00 bits per heavy atom. The molecular weight excluding hydrogens is 229 g/mol. The van der Waals surface area contributed by atoms with Gasteiger partial charge in [-0.15, -0.1) is 0 Å². The fraction of sp³-hybridized carbons (Fsp3) is 0.250. The molecule has 0 bridgehead atoms. The van der Waals surface area contributed by atoms with E-state index in [1.165, 1.54) is 12.3 Å². The molecule has 17 heavy (non-hydrogen) atoms. The first kappa shape index (κ1) is 11.7. The molecule has 90 valence electrons. The second-order valence-electron chi connectivity index (χ2n) is 3.85. The second kappa shape index (κ2) is 3.91. The van der Waals surface area contributed by atoms with Crippen molar-refractivity contribution in [2.75, 3.05) is 0 Å². The average molecular weight is 240 g/mol. The van der Waals surface area contributed by atoms with Crippen molar-refractivity contribution in [1.82, 2.24) is 9.55 Å². The summed E-state index contributed by atoms with van der Waals surface area (Å²) in [6, 6.07) is 6.24. The highest BCUT2D eigenvalue weighted by atomic mass is 19.4. The number of halogens is 3. The topological polar surface area (TPSA) is 17.8 Å². The van der Waals surface area contributed by atoms with Gasteiger partial charge in [0.05, 0.1) is 11.9 Å². The maximum atomic E-state index is 12.4. The molecule has 2 aromatic heterocycles. The molecule has 0 amide bonds. The van der Waals surface area contributed by atoms with Crippen molar-refractivity contribution >= 4 is 0 Å². The molecule has 0 aromatic carbocycles. The SMILES string of the molecule is Cc1ccc(C)n1-c1ccc(C(F)(F)F)nc1. The summed E-state index contributed by atoms with van der Waals surface area (Å²) >= 11 is 0. The van der Waals surface area contributed by atoms with Crippen molar-refractivity contribution < 1.29 is 13.2 Å². The van der Waals surface area contributed by atoms with Crippen LogP contribution in [0.3, 0.4) is 0 Å². The lowest BCUT2D eigenvalue weighted by atomic mass is 10.3. The zero-order valence-corrected chi connectivity index (χ0v) is 9.42. The zero-order chi connectivity index (χ0) is 12.6. The van der Waals surface area contributed by atoms with E-state index >= 15 is 0 Å². The molecule has 0 aliphatic heterocycles. The highest BCUT2D eigenvalue weighted by molar-refractivity contribution is 5.36. The quantitative estimate of drug-likeness (QED) is 0.745. The number of alkyl halides is 3. The summed E-state index contributed by atoms with van der Waals surface area (Å²) in [7, 11) is 0. The normalized spacial score (nSPS) is 11.8. The summed E-state index contributed by atoms with van der Waals surface area (Å²) in [4.78, 5) is 3.44. The first-order chi connectivity index (χ1) is 7.89. The van der Waals surface area contributed by atoms with E-state index in [-0.39, 0.29) is 0 Å². The maximum absolute atomic E-state index is 12.4. The molecule has 2 heterocycles. The van der Waals surface area contributed by atoms with E-state index in [9.17, 15) is 13.2 Å². The van der Waals surface area contributed by atoms with Gasteiger partial charge in [-0.05, 0) is 38.1 Å². The van der Waals surface area contributed by atoms with E-state index in [4.69, 9.17) is 0 Å². The van der Waals surface area contributed by atoms with Gasteiger partial charge in [-0.2, -0.15) is 13.2 Å². The van der Waals surface area contributed by atoms with Gasteiger partial charge >= 0.3 is 6.18 Å². The summed E-state index contributed by atoms with van der Waals surface area (Å²) < 4.78 is 38.9. The summed E-state index contributed by atoms with van der Waals surface area (Å²) in [6.07, 6.45) is -3.15. The van der Waals surface area contributed by atoms with Crippen molar-refractivity contribution in [3.63, 3.8) is 0 Å². The molecule has 0 unspecified atom stereocenters. The molecule has 2 rings (SSSR count). The number of pyridine rings is 1. The number of rotatable bonds is 1. The molecular formula is C12H11F3N2. The predicted molar refractivity (Wildman–Crippen MR) is 58.0 cm³/mol. The Kier molecular flexibility index (Phi) is 2.69. The Bertz CT molecular complexity index is 504. The number of aromatic nitrogens is 2. The summed E-state index contributed by atoms with van der Waals surface area (Å²) in [5, 5.41) is 0. The molecule has 0 N–H and O–H groups in total. The third kappa shape index (κ3) is 2.18. The van der Waals surface area contributed by atoms with Crippen LogP contribution in [0.1, 0.15) is 17.1 Å². The van der Waals surface area contributed by atoms with Crippen LogP contribution < -0.4 is 0 Å². The minimum absolute atomic E-state index is 0.637. The van der Waals surface area contributed by atoms with E-state index in [2.05, 4.69) is 4.98 Å². The van der Waals surface area contributed by atoms with E-state index in [0.717, 1.165) is 17.5 Å². The zero-order valence-electron chi connectivity index (χ0n) is 9.42. The van der Waals surface area contributed by atoms with Crippen molar-refractivity contribution in [3.05, 3.63) is 47.5 Å². The van der Waals surface area contributed by atoms with Gasteiger partial charge in [0.1, 0.15) is 5.69 Å². The minimum atomic E-state index is -4.39. The third-order valence-corrected chi connectivity index (χ3v) is 2.57. The molecule has 0 spiro atoms. The van der Waals surface area contributed by atoms with Crippen LogP contribution in [-0.4, -0.2) is 9.55 Å². The predicted octanol–water partition coefficient (Wildman–Crippen LogP) is 3.51. The van der Waals surface area contributed by atoms with Crippen molar-refractivity contribution in [2.24, 2.45) is 0 Å². The molecule has 0 atom stereocenters. The molecule has 2 aromatic rings. The lowest BCUT2D eigenvalue weighted by Gasteiger charge is -2.10. The summed E-state index contributed by atoms with van der Waals surface area (Å²) in [5.41, 5.74) is 1.69. The van der Waals surface area contributed by atoms with Gasteiger partial charge in [-0.3, -0.25) is 0 Å². The fourth-order valence-electron chi connectivity index (χ4n) is 1.76. The van der Waals surface area contributed by atoms with Crippen LogP contribution in [0.2, 0.25) is 0 Å². The van der Waals surface area contributed by atoms with Crippen LogP contribution in [0, 0.1) is 13.8 Å². The van der Waals surface area contributed by atoms with E-state index in [0.29, 0.717) is 5.69 Å². The number of hydrogen-bond donors (Lipinski definition) is 0. The highest BCUT2D eigenvalue weighted by Crippen LogP contribution is 2.28. The number of nitrogens with zero attached hydrogens (tertiary/aromatic N) is 2. The van der Waals surface area contributed by atoms with Gasteiger partial charge in [0.25, 0.3) is 0 Å². The Labute approximate surface area is 96.7 Å². The van der Waals surface area contributed by atoms with E-state index in [1.54, 1.807) is 0 Å². The van der Waals surface area contributed by atoms with Crippen molar-refractivity contribution in [2.45, 2.75) is 20.0 Å². The monoisotopic (exact) mass is 240 g/mol. The summed E-state index contributed by atoms with van der Waals surface area (Å²) in [5.74, 6) is 0. The van der Waals surface area contributed by atoms with Crippen LogP contribution >= 0.6 is 0 Å². The van der Waals surface area contributed by atoms with E-state index < -0.39 is 11.9 Å². The fourth-order valence-corrected chi connectivity index (χ4v) is 1.76. The van der Waals surface area contributed by atoms with Gasteiger partial charge in [0.2, 0.25) is 0 Å². The van der Waals surface area contributed by atoms with Crippen LogP contribution in [0.25, 0.3) is 5.69 Å². The number of hydrogen-bond acceptors (Lipinski definition) is 1. The van der Waals surface area contributed by atoms with Crippen molar-refractivity contribution in [1.29, 1.82) is 0 Å². The van der Waals surface area contributed by atoms with Crippen LogP contribution in [0.5, 0.6) is 0 Å². The minimum Gasteiger partial charge on any atom is -0.317 e. The van der Waals surface area contributed by atoms with Gasteiger partial charge in [0, 0.05) is 11.4 Å². The Morgan fingerprint density at radius 1 is 1.00 bits per heavy atom. The molecule has 0 aliphatic carbocycles. The Morgan fingerprint density at radius 2 is 1.59 bits per heavy atom. The van der Waals surface area contributed by atoms with E-state index in [1.807, 2.05) is 30.5 Å². The first-order valence-corrected chi connectivity index (χ1v) is 5.08. The van der Waals surface area contributed by atoms with Crippen molar-refractivity contribution in [3.8, 4) is 5.69 Å².